The number of piperidine rings is 3. The summed E-state index contributed by atoms with van der Waals surface area (Å²) in [6, 6.07) is 5.43. The first-order valence-corrected chi connectivity index (χ1v) is 13.8. The zero-order chi connectivity index (χ0) is 26.4. The van der Waals surface area contributed by atoms with Crippen LogP contribution in [0.5, 0.6) is 0 Å². The minimum absolute atomic E-state index is 0.130. The molecule has 4 aliphatic heterocycles. The van der Waals surface area contributed by atoms with Crippen LogP contribution in [0.2, 0.25) is 0 Å². The Morgan fingerprint density at radius 3 is 2.42 bits per heavy atom. The smallest absolute Gasteiger partial charge is 0.409 e. The Balaban J connectivity index is 0.991. The number of carbonyl (C=O) groups excluding carboxylic acids is 4. The largest absolute Gasteiger partial charge is 0.453 e. The summed E-state index contributed by atoms with van der Waals surface area (Å²) in [4.78, 5) is 54.3. The zero-order valence-electron chi connectivity index (χ0n) is 21.9. The van der Waals surface area contributed by atoms with Crippen LogP contribution in [0, 0.1) is 5.41 Å². The predicted octanol–water partition coefficient (Wildman–Crippen LogP) is 2.44. The van der Waals surface area contributed by atoms with Gasteiger partial charge in [0, 0.05) is 50.4 Å². The van der Waals surface area contributed by atoms with Crippen molar-refractivity contribution in [2.24, 2.45) is 5.41 Å². The Kier molecular flexibility index (Phi) is 6.53. The molecule has 0 aromatic heterocycles. The van der Waals surface area contributed by atoms with Crippen molar-refractivity contribution in [3.63, 3.8) is 0 Å². The van der Waals surface area contributed by atoms with Crippen molar-refractivity contribution in [1.29, 1.82) is 0 Å². The van der Waals surface area contributed by atoms with E-state index in [1.807, 2.05) is 12.1 Å². The summed E-state index contributed by atoms with van der Waals surface area (Å²) >= 11 is 0. The molecule has 1 atom stereocenters. The number of rotatable bonds is 4. The highest BCUT2D eigenvalue weighted by Crippen LogP contribution is 2.51. The first-order chi connectivity index (χ1) is 18.3. The summed E-state index contributed by atoms with van der Waals surface area (Å²) in [7, 11) is 1.42. The summed E-state index contributed by atoms with van der Waals surface area (Å²) in [5.74, 6) is -0.778. The molecule has 3 saturated heterocycles. The molecule has 0 bridgehead atoms. The van der Waals surface area contributed by atoms with Crippen molar-refractivity contribution in [2.75, 3.05) is 38.2 Å². The second-order valence-corrected chi connectivity index (χ2v) is 11.6. The molecule has 1 unspecified atom stereocenters. The van der Waals surface area contributed by atoms with Crippen molar-refractivity contribution in [3.05, 3.63) is 29.3 Å². The number of carbonyl (C=O) groups is 4. The van der Waals surface area contributed by atoms with E-state index >= 15 is 0 Å². The van der Waals surface area contributed by atoms with E-state index in [2.05, 4.69) is 16.3 Å². The van der Waals surface area contributed by atoms with Gasteiger partial charge in [-0.15, -0.1) is 0 Å². The number of nitrogens with zero attached hydrogens (tertiary/aromatic N) is 3. The molecule has 1 N–H and O–H groups in total. The molecule has 1 aromatic carbocycles. The van der Waals surface area contributed by atoms with Gasteiger partial charge in [0.25, 0.3) is 5.91 Å². The van der Waals surface area contributed by atoms with Gasteiger partial charge in [-0.3, -0.25) is 19.7 Å². The molecule has 1 aromatic rings. The van der Waals surface area contributed by atoms with Crippen molar-refractivity contribution in [3.8, 4) is 0 Å². The van der Waals surface area contributed by atoms with Crippen LogP contribution in [0.3, 0.4) is 0 Å². The predicted molar refractivity (Wildman–Crippen MR) is 137 cm³/mol. The Morgan fingerprint density at radius 2 is 1.74 bits per heavy atom. The number of nitrogens with one attached hydrogen (secondary N) is 1. The minimum Gasteiger partial charge on any atom is -0.453 e. The molecule has 1 saturated carbocycles. The van der Waals surface area contributed by atoms with E-state index in [-0.39, 0.29) is 36.3 Å². The van der Waals surface area contributed by atoms with Gasteiger partial charge in [-0.1, -0.05) is 0 Å². The van der Waals surface area contributed by atoms with Gasteiger partial charge in [0.2, 0.25) is 11.8 Å². The lowest BCUT2D eigenvalue weighted by Crippen LogP contribution is -2.52. The van der Waals surface area contributed by atoms with Gasteiger partial charge < -0.3 is 24.2 Å². The standard InChI is InChI=1S/C28H36N4O6/c1-37-27(36)31-10-6-20(7-11-31)38-21-15-28(16-21)8-12-30(13-9-28)19-2-3-22-18(14-19)17-32(26(22)35)23-4-5-24(33)29-25(23)34/h2-3,14,20-21,23H,4-13,15-17H2,1H3,(H,29,33,34). The Morgan fingerprint density at radius 1 is 1.00 bits per heavy atom. The summed E-state index contributed by atoms with van der Waals surface area (Å²) in [6.07, 6.45) is 7.16. The fourth-order valence-corrected chi connectivity index (χ4v) is 6.98. The summed E-state index contributed by atoms with van der Waals surface area (Å²) < 4.78 is 11.2. The highest BCUT2D eigenvalue weighted by Gasteiger charge is 2.47. The summed E-state index contributed by atoms with van der Waals surface area (Å²) in [5, 5.41) is 2.36. The van der Waals surface area contributed by atoms with Gasteiger partial charge in [0.15, 0.2) is 0 Å². The summed E-state index contributed by atoms with van der Waals surface area (Å²) in [6.45, 7) is 3.76. The molecule has 4 amide bonds. The first kappa shape index (κ1) is 25.2. The lowest BCUT2D eigenvalue weighted by Gasteiger charge is -2.53. The van der Waals surface area contributed by atoms with E-state index in [9.17, 15) is 19.2 Å². The van der Waals surface area contributed by atoms with Gasteiger partial charge >= 0.3 is 6.09 Å². The van der Waals surface area contributed by atoms with E-state index in [4.69, 9.17) is 9.47 Å². The molecule has 0 radical (unpaired) electrons. The second-order valence-electron chi connectivity index (χ2n) is 11.6. The highest BCUT2D eigenvalue weighted by atomic mass is 16.5. The molecule has 4 fully saturated rings. The van der Waals surface area contributed by atoms with Crippen molar-refractivity contribution >= 4 is 29.5 Å². The average Bonchev–Trinajstić information content (AvgIpc) is 3.23. The number of amides is 4. The maximum absolute atomic E-state index is 13.0. The fourth-order valence-electron chi connectivity index (χ4n) is 6.98. The van der Waals surface area contributed by atoms with Crippen LogP contribution in [-0.2, 0) is 25.6 Å². The van der Waals surface area contributed by atoms with E-state index in [0.29, 0.717) is 43.1 Å². The number of methoxy groups -OCH3 is 1. The molecule has 6 rings (SSSR count). The molecule has 4 heterocycles. The number of fused-ring (bicyclic) bond motifs is 1. The topological polar surface area (TPSA) is 108 Å². The van der Waals surface area contributed by atoms with Crippen LogP contribution in [0.15, 0.2) is 18.2 Å². The van der Waals surface area contributed by atoms with Gasteiger partial charge in [-0.2, -0.15) is 0 Å². The number of likely N-dealkylation sites (tertiary alicyclic amines) is 1. The molecule has 1 aliphatic carbocycles. The number of benzene rings is 1. The fraction of sp³-hybridized carbons (Fsp3) is 0.643. The number of hydrogen-bond donors (Lipinski definition) is 1. The van der Waals surface area contributed by atoms with Gasteiger partial charge in [0.05, 0.1) is 19.3 Å². The van der Waals surface area contributed by atoms with E-state index in [0.717, 1.165) is 62.9 Å². The number of ether oxygens (including phenoxy) is 2. The SMILES string of the molecule is COC(=O)N1CCC(OC2CC3(CCN(c4ccc5c(c4)CN(C4CCC(=O)NC4=O)C5=O)CC3)C2)CC1. The van der Waals surface area contributed by atoms with Crippen LogP contribution >= 0.6 is 0 Å². The van der Waals surface area contributed by atoms with Crippen molar-refractivity contribution < 1.29 is 28.7 Å². The minimum atomic E-state index is -0.583. The number of hydrogen-bond acceptors (Lipinski definition) is 7. The van der Waals surface area contributed by atoms with E-state index in [1.165, 1.54) is 7.11 Å². The average molecular weight is 525 g/mol. The molecule has 204 valence electrons. The number of anilines is 1. The molecule has 10 nitrogen and oxygen atoms in total. The molecule has 5 aliphatic rings. The first-order valence-electron chi connectivity index (χ1n) is 13.8. The monoisotopic (exact) mass is 524 g/mol. The lowest BCUT2D eigenvalue weighted by atomic mass is 9.61. The highest BCUT2D eigenvalue weighted by molar-refractivity contribution is 6.05. The Labute approximate surface area is 222 Å². The quantitative estimate of drug-likeness (QED) is 0.603. The maximum atomic E-state index is 13.0. The van der Waals surface area contributed by atoms with Gasteiger partial charge in [-0.05, 0) is 74.1 Å². The zero-order valence-corrected chi connectivity index (χ0v) is 21.9. The second kappa shape index (κ2) is 9.87. The van der Waals surface area contributed by atoms with Crippen LogP contribution in [-0.4, -0.2) is 85.2 Å². The Bertz CT molecular complexity index is 1130. The van der Waals surface area contributed by atoms with Gasteiger partial charge in [-0.25, -0.2) is 4.79 Å². The lowest BCUT2D eigenvalue weighted by molar-refractivity contribution is -0.137. The third-order valence-electron chi connectivity index (χ3n) is 9.28. The van der Waals surface area contributed by atoms with Crippen molar-refractivity contribution in [2.45, 2.75) is 76.2 Å². The van der Waals surface area contributed by atoms with E-state index in [1.54, 1.807) is 9.80 Å². The number of imide groups is 1. The third-order valence-corrected chi connectivity index (χ3v) is 9.28. The van der Waals surface area contributed by atoms with Crippen LogP contribution in [0.1, 0.15) is 67.3 Å². The van der Waals surface area contributed by atoms with Crippen LogP contribution in [0.4, 0.5) is 10.5 Å². The van der Waals surface area contributed by atoms with Crippen LogP contribution in [0.25, 0.3) is 0 Å². The molecular formula is C28H36N4O6. The maximum Gasteiger partial charge on any atom is 0.409 e. The molecule has 1 spiro atoms. The molecule has 38 heavy (non-hydrogen) atoms. The van der Waals surface area contributed by atoms with Gasteiger partial charge in [0.1, 0.15) is 6.04 Å². The van der Waals surface area contributed by atoms with Crippen molar-refractivity contribution in [1.82, 2.24) is 15.1 Å². The third kappa shape index (κ3) is 4.63. The molecule has 10 heteroatoms. The Hall–Kier alpha value is -3.14. The normalized spacial score (nSPS) is 25.9. The van der Waals surface area contributed by atoms with Crippen LogP contribution < -0.4 is 10.2 Å². The summed E-state index contributed by atoms with van der Waals surface area (Å²) in [5.41, 5.74) is 3.10. The molecular weight excluding hydrogens is 488 g/mol. The van der Waals surface area contributed by atoms with E-state index < -0.39 is 6.04 Å².